The predicted molar refractivity (Wildman–Crippen MR) is 126 cm³/mol. The summed E-state index contributed by atoms with van der Waals surface area (Å²) in [7, 11) is -8.20. The van der Waals surface area contributed by atoms with Gasteiger partial charge in [0, 0.05) is 11.9 Å². The highest BCUT2D eigenvalue weighted by atomic mass is 32.2. The van der Waals surface area contributed by atoms with E-state index in [1.165, 1.54) is 18.2 Å². The summed E-state index contributed by atoms with van der Waals surface area (Å²) in [6.45, 7) is 4.46. The Morgan fingerprint density at radius 3 is 2.36 bits per heavy atom. The van der Waals surface area contributed by atoms with E-state index in [0.717, 1.165) is 28.8 Å². The Balaban J connectivity index is 2.07. The molecule has 0 radical (unpaired) electrons. The van der Waals surface area contributed by atoms with Crippen LogP contribution in [0.4, 0.5) is 29.3 Å². The SMILES string of the molecule is CC(C)(C)OC(=O)Nc1ccc2c(c1)N(S(=O)(=O)c1cccc(C(F)(F)F)c1)C[C@H](CS(C)(=O)=O)O2. The van der Waals surface area contributed by atoms with Crippen LogP contribution >= 0.6 is 0 Å². The Labute approximate surface area is 207 Å². The number of fused-ring (bicyclic) bond motifs is 1. The van der Waals surface area contributed by atoms with Gasteiger partial charge in [-0.2, -0.15) is 13.2 Å². The number of hydrogen-bond acceptors (Lipinski definition) is 7. The zero-order valence-corrected chi connectivity index (χ0v) is 21.4. The Hall–Kier alpha value is -3.00. The van der Waals surface area contributed by atoms with Crippen LogP contribution in [0.25, 0.3) is 0 Å². The summed E-state index contributed by atoms with van der Waals surface area (Å²) in [4.78, 5) is 11.5. The number of rotatable bonds is 5. The molecule has 198 valence electrons. The van der Waals surface area contributed by atoms with E-state index in [0.29, 0.717) is 6.07 Å². The molecule has 1 aliphatic heterocycles. The highest BCUT2D eigenvalue weighted by Crippen LogP contribution is 2.40. The molecule has 14 heteroatoms. The van der Waals surface area contributed by atoms with Crippen LogP contribution in [0.1, 0.15) is 26.3 Å². The van der Waals surface area contributed by atoms with Gasteiger partial charge in [0.25, 0.3) is 10.0 Å². The van der Waals surface area contributed by atoms with Crippen molar-refractivity contribution < 1.29 is 44.3 Å². The Morgan fingerprint density at radius 1 is 1.11 bits per heavy atom. The zero-order valence-electron chi connectivity index (χ0n) is 19.8. The van der Waals surface area contributed by atoms with E-state index < -0.39 is 66.6 Å². The third-order valence-electron chi connectivity index (χ3n) is 4.77. The van der Waals surface area contributed by atoms with Gasteiger partial charge in [-0.05, 0) is 57.2 Å². The number of carbonyl (C=O) groups is 1. The summed E-state index contributed by atoms with van der Waals surface area (Å²) in [5, 5.41) is 2.46. The van der Waals surface area contributed by atoms with Crippen molar-refractivity contribution in [1.82, 2.24) is 0 Å². The molecule has 9 nitrogen and oxygen atoms in total. The number of alkyl halides is 3. The van der Waals surface area contributed by atoms with Crippen molar-refractivity contribution in [2.45, 2.75) is 43.5 Å². The van der Waals surface area contributed by atoms with Gasteiger partial charge in [-0.3, -0.25) is 9.62 Å². The molecule has 0 bridgehead atoms. The molecule has 1 amide bonds. The van der Waals surface area contributed by atoms with Crippen LogP contribution < -0.4 is 14.4 Å². The van der Waals surface area contributed by atoms with E-state index in [1.54, 1.807) is 20.8 Å². The lowest BCUT2D eigenvalue weighted by atomic mass is 10.2. The number of sulfonamides is 1. The van der Waals surface area contributed by atoms with Gasteiger partial charge in [0.1, 0.15) is 17.5 Å². The second-order valence-corrected chi connectivity index (χ2v) is 13.3. The van der Waals surface area contributed by atoms with Crippen molar-refractivity contribution in [3.63, 3.8) is 0 Å². The van der Waals surface area contributed by atoms with Gasteiger partial charge in [0.15, 0.2) is 9.84 Å². The van der Waals surface area contributed by atoms with Crippen LogP contribution in [-0.2, 0) is 30.8 Å². The van der Waals surface area contributed by atoms with Crippen molar-refractivity contribution in [3.05, 3.63) is 48.0 Å². The molecule has 1 aliphatic rings. The molecule has 1 atom stereocenters. The van der Waals surface area contributed by atoms with E-state index in [2.05, 4.69) is 5.32 Å². The second kappa shape index (κ2) is 9.47. The monoisotopic (exact) mass is 550 g/mol. The minimum Gasteiger partial charge on any atom is -0.485 e. The lowest BCUT2D eigenvalue weighted by Gasteiger charge is -2.35. The molecule has 0 unspecified atom stereocenters. The number of nitrogens with one attached hydrogen (secondary N) is 1. The molecule has 0 aliphatic carbocycles. The summed E-state index contributed by atoms with van der Waals surface area (Å²) >= 11 is 0. The highest BCUT2D eigenvalue weighted by molar-refractivity contribution is 7.93. The Bertz CT molecular complexity index is 1370. The summed E-state index contributed by atoms with van der Waals surface area (Å²) in [6, 6.07) is 7.17. The summed E-state index contributed by atoms with van der Waals surface area (Å²) < 4.78 is 102. The largest absolute Gasteiger partial charge is 0.485 e. The third kappa shape index (κ3) is 6.81. The number of halogens is 3. The van der Waals surface area contributed by atoms with Crippen LogP contribution in [0.5, 0.6) is 5.75 Å². The molecular weight excluding hydrogens is 525 g/mol. The fraction of sp³-hybridized carbons (Fsp3) is 0.409. The van der Waals surface area contributed by atoms with E-state index >= 15 is 0 Å². The van der Waals surface area contributed by atoms with Gasteiger partial charge in [-0.15, -0.1) is 0 Å². The first-order valence-electron chi connectivity index (χ1n) is 10.5. The third-order valence-corrected chi connectivity index (χ3v) is 7.53. The van der Waals surface area contributed by atoms with Gasteiger partial charge < -0.3 is 9.47 Å². The van der Waals surface area contributed by atoms with Crippen molar-refractivity contribution in [2.24, 2.45) is 0 Å². The first-order valence-corrected chi connectivity index (χ1v) is 14.0. The number of benzene rings is 2. The van der Waals surface area contributed by atoms with Crippen molar-refractivity contribution in [3.8, 4) is 5.75 Å². The first-order chi connectivity index (χ1) is 16.3. The Kier molecular flexibility index (Phi) is 7.25. The van der Waals surface area contributed by atoms with E-state index in [4.69, 9.17) is 9.47 Å². The van der Waals surface area contributed by atoms with Crippen LogP contribution in [-0.4, -0.2) is 53.2 Å². The zero-order chi connectivity index (χ0) is 27.1. The van der Waals surface area contributed by atoms with Crippen molar-refractivity contribution >= 4 is 37.3 Å². The van der Waals surface area contributed by atoms with Crippen LogP contribution in [0.2, 0.25) is 0 Å². The van der Waals surface area contributed by atoms with E-state index in [9.17, 15) is 34.8 Å². The summed E-state index contributed by atoms with van der Waals surface area (Å²) in [5.41, 5.74) is -1.94. The number of sulfone groups is 1. The lowest BCUT2D eigenvalue weighted by molar-refractivity contribution is -0.137. The molecule has 3 rings (SSSR count). The fourth-order valence-electron chi connectivity index (χ4n) is 3.42. The maximum atomic E-state index is 13.5. The number of ether oxygens (including phenoxy) is 2. The smallest absolute Gasteiger partial charge is 0.416 e. The molecule has 1 heterocycles. The molecule has 36 heavy (non-hydrogen) atoms. The number of nitrogens with zero attached hydrogens (tertiary/aromatic N) is 1. The minimum atomic E-state index is -4.78. The van der Waals surface area contributed by atoms with Gasteiger partial charge in [-0.1, -0.05) is 6.07 Å². The molecule has 0 spiro atoms. The quantitative estimate of drug-likeness (QED) is 0.597. The molecule has 0 aromatic heterocycles. The van der Waals surface area contributed by atoms with E-state index in [1.807, 2.05) is 0 Å². The van der Waals surface area contributed by atoms with Crippen LogP contribution in [0.15, 0.2) is 47.4 Å². The first kappa shape index (κ1) is 27.6. The van der Waals surface area contributed by atoms with Gasteiger partial charge in [0.05, 0.1) is 28.4 Å². The van der Waals surface area contributed by atoms with Crippen LogP contribution in [0.3, 0.4) is 0 Å². The minimum absolute atomic E-state index is 0.0276. The topological polar surface area (TPSA) is 119 Å². The van der Waals surface area contributed by atoms with Gasteiger partial charge in [-0.25, -0.2) is 21.6 Å². The maximum Gasteiger partial charge on any atom is 0.416 e. The summed E-state index contributed by atoms with van der Waals surface area (Å²) in [6.07, 6.45) is -5.78. The van der Waals surface area contributed by atoms with Crippen LogP contribution in [0, 0.1) is 0 Å². The molecule has 1 N–H and O–H groups in total. The van der Waals surface area contributed by atoms with Gasteiger partial charge >= 0.3 is 12.3 Å². The molecule has 2 aromatic rings. The average molecular weight is 551 g/mol. The number of carbonyl (C=O) groups excluding carboxylic acids is 1. The Morgan fingerprint density at radius 2 is 1.78 bits per heavy atom. The van der Waals surface area contributed by atoms with E-state index in [-0.39, 0.29) is 17.1 Å². The van der Waals surface area contributed by atoms with Gasteiger partial charge in [0.2, 0.25) is 0 Å². The molecule has 0 saturated carbocycles. The summed E-state index contributed by atoms with van der Waals surface area (Å²) in [5.74, 6) is -0.556. The number of amides is 1. The highest BCUT2D eigenvalue weighted by Gasteiger charge is 2.38. The fourth-order valence-corrected chi connectivity index (χ4v) is 5.82. The number of anilines is 2. The standard InChI is InChI=1S/C22H25F3N2O7S2/c1-21(2,3)34-20(28)26-15-8-9-19-18(11-15)27(12-16(33-19)13-35(4,29)30)36(31,32)17-7-5-6-14(10-17)22(23,24)25/h5-11,16H,12-13H2,1-4H3,(H,26,28)/t16-/m1/s1. The number of hydrogen-bond donors (Lipinski definition) is 1. The average Bonchev–Trinajstić information content (AvgIpc) is 2.70. The van der Waals surface area contributed by atoms with Crippen molar-refractivity contribution in [2.75, 3.05) is 28.2 Å². The predicted octanol–water partition coefficient (Wildman–Crippen LogP) is 4.05. The molecule has 0 fully saturated rings. The molecule has 2 aromatic carbocycles. The molecule has 0 saturated heterocycles. The molecular formula is C22H25F3N2O7S2. The normalized spacial score (nSPS) is 16.6. The second-order valence-electron chi connectivity index (χ2n) is 9.20. The van der Waals surface area contributed by atoms with Crippen molar-refractivity contribution in [1.29, 1.82) is 0 Å². The maximum absolute atomic E-state index is 13.5. The lowest BCUT2D eigenvalue weighted by Crippen LogP contribution is -2.46.